The molecule has 0 amide bonds. The first-order valence-electron chi connectivity index (χ1n) is 6.50. The Morgan fingerprint density at radius 2 is 2.38 bits per heavy atom. The lowest BCUT2D eigenvalue weighted by atomic mass is 9.78. The Morgan fingerprint density at radius 1 is 1.62 bits per heavy atom. The van der Waals surface area contributed by atoms with E-state index in [0.717, 1.165) is 5.56 Å². The summed E-state index contributed by atoms with van der Waals surface area (Å²) in [5.74, 6) is -0.989. The van der Waals surface area contributed by atoms with Gasteiger partial charge in [-0.3, -0.25) is 4.98 Å². The van der Waals surface area contributed by atoms with Gasteiger partial charge in [0.15, 0.2) is 0 Å². The Balaban J connectivity index is 2.03. The van der Waals surface area contributed by atoms with Crippen LogP contribution in [0.25, 0.3) is 4.91 Å². The average Bonchev–Trinajstić information content (AvgIpc) is 2.86. The maximum absolute atomic E-state index is 11.6. The fraction of sp³-hybridized carbons (Fsp3) is 0.357. The number of carbonyl (C=O) groups is 1. The van der Waals surface area contributed by atoms with Gasteiger partial charge in [0.05, 0.1) is 15.8 Å². The van der Waals surface area contributed by atoms with Crippen LogP contribution in [-0.2, 0) is 4.79 Å². The molecule has 0 spiro atoms. The molecule has 2 atom stereocenters. The molecular formula is C14H14N2O3S2. The van der Waals surface area contributed by atoms with Gasteiger partial charge in [-0.25, -0.2) is 4.79 Å². The summed E-state index contributed by atoms with van der Waals surface area (Å²) in [6.45, 7) is 2.01. The molecule has 7 heteroatoms. The van der Waals surface area contributed by atoms with Gasteiger partial charge >= 0.3 is 5.97 Å². The topological polar surface area (TPSA) is 73.7 Å². The van der Waals surface area contributed by atoms with Crippen molar-refractivity contribution in [3.05, 3.63) is 35.8 Å². The van der Waals surface area contributed by atoms with Gasteiger partial charge in [-0.1, -0.05) is 37.0 Å². The molecule has 1 saturated heterocycles. The summed E-state index contributed by atoms with van der Waals surface area (Å²) in [5, 5.41) is 18.7. The molecule has 0 unspecified atom stereocenters. The van der Waals surface area contributed by atoms with E-state index in [1.807, 2.05) is 13.0 Å². The molecule has 1 fully saturated rings. The first kappa shape index (κ1) is 14.5. The van der Waals surface area contributed by atoms with Gasteiger partial charge in [0, 0.05) is 29.5 Å². The second-order valence-corrected chi connectivity index (χ2v) is 6.74. The van der Waals surface area contributed by atoms with E-state index in [-0.39, 0.29) is 23.1 Å². The van der Waals surface area contributed by atoms with Gasteiger partial charge in [0.2, 0.25) is 0 Å². The highest BCUT2D eigenvalue weighted by Gasteiger charge is 2.60. The lowest BCUT2D eigenvalue weighted by Crippen LogP contribution is -2.63. The minimum absolute atomic E-state index is 0.0339. The quantitative estimate of drug-likeness (QED) is 0.821. The molecule has 0 bridgehead atoms. The number of fused-ring (bicyclic) bond motifs is 1. The number of nitrogens with zero attached hydrogens (tertiary/aromatic N) is 2. The second-order valence-electron chi connectivity index (χ2n) is 5.26. The zero-order valence-electron chi connectivity index (χ0n) is 11.3. The predicted octanol–water partition coefficient (Wildman–Crippen LogP) is 1.94. The van der Waals surface area contributed by atoms with Gasteiger partial charge in [-0.2, -0.15) is 0 Å². The minimum atomic E-state index is -0.989. The highest BCUT2D eigenvalue weighted by molar-refractivity contribution is 8.09. The van der Waals surface area contributed by atoms with Crippen molar-refractivity contribution in [2.45, 2.75) is 18.7 Å². The SMILES string of the molecule is C[C@]1(CCO)C(=S)N2C(C(=O)O)=C(c3cccnc3)S[C@@H]21. The summed E-state index contributed by atoms with van der Waals surface area (Å²) >= 11 is 6.90. The van der Waals surface area contributed by atoms with E-state index in [1.165, 1.54) is 11.8 Å². The number of aromatic nitrogens is 1. The molecule has 1 aromatic rings. The standard InChI is InChI=1S/C14H14N2O3S2/c1-14(4-6-17)12(20)16-9(11(18)19)10(21-13(14)16)8-3-2-5-15-7-8/h2-3,5,7,13,17H,4,6H2,1H3,(H,18,19)/t13-,14+/m1/s1. The molecule has 21 heavy (non-hydrogen) atoms. The molecule has 110 valence electrons. The van der Waals surface area contributed by atoms with Gasteiger partial charge < -0.3 is 15.1 Å². The number of carboxylic acids is 1. The smallest absolute Gasteiger partial charge is 0.353 e. The second kappa shape index (κ2) is 5.08. The summed E-state index contributed by atoms with van der Waals surface area (Å²) < 4.78 is 0. The number of pyridine rings is 1. The molecule has 3 rings (SSSR count). The van der Waals surface area contributed by atoms with Crippen molar-refractivity contribution in [1.82, 2.24) is 9.88 Å². The minimum Gasteiger partial charge on any atom is -0.477 e. The normalized spacial score (nSPS) is 27.6. The average molecular weight is 322 g/mol. The molecule has 0 aliphatic carbocycles. The number of rotatable bonds is 4. The highest BCUT2D eigenvalue weighted by atomic mass is 32.2. The molecule has 0 saturated carbocycles. The number of thiocarbonyl (C=S) groups is 1. The van der Waals surface area contributed by atoms with Crippen LogP contribution in [0.4, 0.5) is 0 Å². The molecule has 5 nitrogen and oxygen atoms in total. The van der Waals surface area contributed by atoms with Crippen LogP contribution >= 0.6 is 24.0 Å². The zero-order chi connectivity index (χ0) is 15.2. The van der Waals surface area contributed by atoms with Gasteiger partial charge in [0.1, 0.15) is 5.70 Å². The van der Waals surface area contributed by atoms with Crippen molar-refractivity contribution >= 4 is 39.8 Å². The van der Waals surface area contributed by atoms with Crippen LogP contribution in [0.2, 0.25) is 0 Å². The third-order valence-electron chi connectivity index (χ3n) is 3.93. The van der Waals surface area contributed by atoms with Gasteiger partial charge in [-0.15, -0.1) is 0 Å². The summed E-state index contributed by atoms with van der Waals surface area (Å²) in [4.78, 5) is 18.7. The monoisotopic (exact) mass is 322 g/mol. The zero-order valence-corrected chi connectivity index (χ0v) is 12.9. The largest absolute Gasteiger partial charge is 0.477 e. The van der Waals surface area contributed by atoms with E-state index in [2.05, 4.69) is 4.98 Å². The molecule has 3 heterocycles. The van der Waals surface area contributed by atoms with Crippen LogP contribution < -0.4 is 0 Å². The van der Waals surface area contributed by atoms with E-state index in [9.17, 15) is 15.0 Å². The van der Waals surface area contributed by atoms with E-state index in [1.54, 1.807) is 23.4 Å². The Labute approximate surface area is 131 Å². The summed E-state index contributed by atoms with van der Waals surface area (Å²) in [6.07, 6.45) is 3.84. The van der Waals surface area contributed by atoms with E-state index >= 15 is 0 Å². The van der Waals surface area contributed by atoms with Crippen molar-refractivity contribution in [3.63, 3.8) is 0 Å². The molecule has 2 N–H and O–H groups in total. The maximum Gasteiger partial charge on any atom is 0.353 e. The fourth-order valence-corrected chi connectivity index (χ4v) is 4.88. The molecule has 0 aromatic carbocycles. The highest BCUT2D eigenvalue weighted by Crippen LogP contribution is 2.59. The first-order valence-corrected chi connectivity index (χ1v) is 7.78. The van der Waals surface area contributed by atoms with Crippen molar-refractivity contribution in [1.29, 1.82) is 0 Å². The van der Waals surface area contributed by atoms with Crippen molar-refractivity contribution in [3.8, 4) is 0 Å². The van der Waals surface area contributed by atoms with Crippen LogP contribution in [0.5, 0.6) is 0 Å². The third kappa shape index (κ3) is 1.99. The van der Waals surface area contributed by atoms with E-state index < -0.39 is 5.97 Å². The Kier molecular flexibility index (Phi) is 3.51. The maximum atomic E-state index is 11.6. The van der Waals surface area contributed by atoms with Gasteiger partial charge in [-0.05, 0) is 12.5 Å². The Bertz CT molecular complexity index is 647. The molecule has 0 radical (unpaired) electrons. The molecule has 1 aromatic heterocycles. The number of aliphatic carboxylic acids is 1. The number of aliphatic hydroxyl groups is 1. The number of hydrogen-bond donors (Lipinski definition) is 2. The lowest BCUT2D eigenvalue weighted by Gasteiger charge is -2.53. The fourth-order valence-electron chi connectivity index (χ4n) is 2.75. The van der Waals surface area contributed by atoms with E-state index in [4.69, 9.17) is 12.2 Å². The lowest BCUT2D eigenvalue weighted by molar-refractivity contribution is -0.134. The number of carboxylic acid groups (broad SMARTS) is 1. The van der Waals surface area contributed by atoms with Crippen molar-refractivity contribution in [2.75, 3.05) is 6.61 Å². The molecule has 2 aliphatic heterocycles. The summed E-state index contributed by atoms with van der Waals surface area (Å²) in [5.41, 5.74) is 0.654. The van der Waals surface area contributed by atoms with Gasteiger partial charge in [0.25, 0.3) is 0 Å². The van der Waals surface area contributed by atoms with Crippen molar-refractivity contribution in [2.24, 2.45) is 5.41 Å². The van der Waals surface area contributed by atoms with Crippen LogP contribution in [0, 0.1) is 5.41 Å². The van der Waals surface area contributed by atoms with Crippen LogP contribution in [0.1, 0.15) is 18.9 Å². The van der Waals surface area contributed by atoms with Crippen LogP contribution in [-0.4, -0.2) is 43.0 Å². The van der Waals surface area contributed by atoms with Crippen molar-refractivity contribution < 1.29 is 15.0 Å². The summed E-state index contributed by atoms with van der Waals surface area (Å²) in [6, 6.07) is 3.62. The number of thioether (sulfide) groups is 1. The Hall–Kier alpha value is -1.44. The number of hydrogen-bond acceptors (Lipinski definition) is 5. The first-order chi connectivity index (χ1) is 10.0. The number of aliphatic hydroxyl groups excluding tert-OH is 1. The summed E-state index contributed by atoms with van der Waals surface area (Å²) in [7, 11) is 0. The molecule has 2 aliphatic rings. The van der Waals surface area contributed by atoms with Crippen LogP contribution in [0.15, 0.2) is 30.2 Å². The van der Waals surface area contributed by atoms with Crippen LogP contribution in [0.3, 0.4) is 0 Å². The third-order valence-corrected chi connectivity index (χ3v) is 6.21. The molecular weight excluding hydrogens is 308 g/mol. The Morgan fingerprint density at radius 3 is 2.95 bits per heavy atom. The van der Waals surface area contributed by atoms with E-state index in [0.29, 0.717) is 16.3 Å². The predicted molar refractivity (Wildman–Crippen MR) is 84.4 cm³/mol.